The van der Waals surface area contributed by atoms with Crippen LogP contribution < -0.4 is 0 Å². The predicted molar refractivity (Wildman–Crippen MR) is 112 cm³/mol. The van der Waals surface area contributed by atoms with Gasteiger partial charge in [-0.3, -0.25) is 9.59 Å². The number of nitrogens with zero attached hydrogens (tertiary/aromatic N) is 1. The molecule has 2 aromatic rings. The topological polar surface area (TPSA) is 67.2 Å². The van der Waals surface area contributed by atoms with Crippen LogP contribution in [0.1, 0.15) is 48.8 Å². The van der Waals surface area contributed by atoms with Crippen molar-refractivity contribution in [2.75, 3.05) is 6.61 Å². The molecule has 0 fully saturated rings. The minimum absolute atomic E-state index is 0.113. The molecule has 0 aliphatic heterocycles. The average molecular weight is 387 g/mol. The van der Waals surface area contributed by atoms with Crippen LogP contribution in [0.15, 0.2) is 60.7 Å². The molecule has 0 amide bonds. The highest BCUT2D eigenvalue weighted by molar-refractivity contribution is 6.14. The smallest absolute Gasteiger partial charge is 0.320 e. The number of aryl methyl sites for hydroxylation is 1. The van der Waals surface area contributed by atoms with Crippen molar-refractivity contribution in [2.24, 2.45) is 5.41 Å². The Morgan fingerprint density at radius 1 is 1.17 bits per heavy atom. The third kappa shape index (κ3) is 4.00. The Bertz CT molecular complexity index is 954. The minimum Gasteiger partial charge on any atom is -0.465 e. The fraction of sp³-hybridized carbons (Fsp3) is 0.320. The van der Waals surface area contributed by atoms with Gasteiger partial charge in [0.05, 0.1) is 12.7 Å². The maximum absolute atomic E-state index is 13.5. The van der Waals surface area contributed by atoms with E-state index in [-0.39, 0.29) is 31.1 Å². The Kier molecular flexibility index (Phi) is 6.29. The summed E-state index contributed by atoms with van der Waals surface area (Å²) >= 11 is 0. The van der Waals surface area contributed by atoms with Crippen LogP contribution >= 0.6 is 0 Å². The maximum Gasteiger partial charge on any atom is 0.320 e. The lowest BCUT2D eigenvalue weighted by Gasteiger charge is -2.40. The summed E-state index contributed by atoms with van der Waals surface area (Å²) < 4.78 is 5.37. The van der Waals surface area contributed by atoms with Crippen LogP contribution in [0.5, 0.6) is 0 Å². The number of carbonyl (C=O) groups excluding carboxylic acids is 2. The molecule has 0 radical (unpaired) electrons. The number of benzene rings is 2. The highest BCUT2D eigenvalue weighted by atomic mass is 16.5. The monoisotopic (exact) mass is 387 g/mol. The van der Waals surface area contributed by atoms with Crippen molar-refractivity contribution >= 4 is 17.3 Å². The van der Waals surface area contributed by atoms with E-state index in [1.807, 2.05) is 61.5 Å². The second-order valence-corrected chi connectivity index (χ2v) is 7.42. The number of rotatable bonds is 6. The first-order valence-electron chi connectivity index (χ1n) is 9.94. The zero-order valence-electron chi connectivity index (χ0n) is 16.9. The van der Waals surface area contributed by atoms with Gasteiger partial charge in [0.1, 0.15) is 5.41 Å². The average Bonchev–Trinajstić information content (AvgIpc) is 2.74. The standard InChI is InChI=1S/C25H25NO3/c1-3-29-24(28)25(14-7-15-26)22(20-12-10-18(2)11-13-20)16-21(17-23(25)27)19-8-5-4-6-9-19/h4-6,8-13,17,22H,3,7,14,16H2,1-2H3. The van der Waals surface area contributed by atoms with E-state index in [0.29, 0.717) is 6.42 Å². The van der Waals surface area contributed by atoms with E-state index in [2.05, 4.69) is 6.07 Å². The Balaban J connectivity index is 2.17. The molecule has 4 heteroatoms. The zero-order chi connectivity index (χ0) is 20.9. The van der Waals surface area contributed by atoms with Gasteiger partial charge in [-0.15, -0.1) is 0 Å². The molecule has 0 aromatic heterocycles. The third-order valence-corrected chi connectivity index (χ3v) is 5.66. The van der Waals surface area contributed by atoms with Crippen LogP contribution in [-0.2, 0) is 14.3 Å². The second-order valence-electron chi connectivity index (χ2n) is 7.42. The van der Waals surface area contributed by atoms with Crippen molar-refractivity contribution in [3.05, 3.63) is 77.4 Å². The van der Waals surface area contributed by atoms with E-state index in [0.717, 1.165) is 22.3 Å². The number of carbonyl (C=O) groups is 2. The number of nitriles is 1. The van der Waals surface area contributed by atoms with Crippen LogP contribution in [0.25, 0.3) is 5.57 Å². The van der Waals surface area contributed by atoms with E-state index in [4.69, 9.17) is 4.74 Å². The van der Waals surface area contributed by atoms with Crippen molar-refractivity contribution in [1.29, 1.82) is 5.26 Å². The second kappa shape index (κ2) is 8.87. The summed E-state index contributed by atoms with van der Waals surface area (Å²) in [5.41, 5.74) is 2.51. The molecular weight excluding hydrogens is 362 g/mol. The van der Waals surface area contributed by atoms with Gasteiger partial charge in [-0.1, -0.05) is 60.2 Å². The van der Waals surface area contributed by atoms with Crippen LogP contribution in [0.2, 0.25) is 0 Å². The van der Waals surface area contributed by atoms with Gasteiger partial charge in [0.2, 0.25) is 0 Å². The Hall–Kier alpha value is -3.19. The lowest BCUT2D eigenvalue weighted by molar-refractivity contribution is -0.161. The number of esters is 1. The third-order valence-electron chi connectivity index (χ3n) is 5.66. The van der Waals surface area contributed by atoms with Crippen molar-refractivity contribution in [2.45, 2.75) is 39.0 Å². The van der Waals surface area contributed by atoms with Gasteiger partial charge in [-0.25, -0.2) is 0 Å². The van der Waals surface area contributed by atoms with Gasteiger partial charge in [-0.05, 0) is 49.5 Å². The fourth-order valence-corrected chi connectivity index (χ4v) is 4.12. The number of ether oxygens (including phenoxy) is 1. The quantitative estimate of drug-likeness (QED) is 0.517. The van der Waals surface area contributed by atoms with E-state index < -0.39 is 11.4 Å². The van der Waals surface area contributed by atoms with Crippen molar-refractivity contribution in [1.82, 2.24) is 0 Å². The maximum atomic E-state index is 13.5. The lowest BCUT2D eigenvalue weighted by Crippen LogP contribution is -2.47. The van der Waals surface area contributed by atoms with Crippen molar-refractivity contribution < 1.29 is 14.3 Å². The van der Waals surface area contributed by atoms with E-state index in [9.17, 15) is 14.9 Å². The predicted octanol–water partition coefficient (Wildman–Crippen LogP) is 4.99. The molecule has 0 N–H and O–H groups in total. The van der Waals surface area contributed by atoms with Crippen molar-refractivity contribution in [3.8, 4) is 6.07 Å². The van der Waals surface area contributed by atoms with Gasteiger partial charge in [0.25, 0.3) is 0 Å². The van der Waals surface area contributed by atoms with Gasteiger partial charge in [0.15, 0.2) is 5.78 Å². The molecular formula is C25H25NO3. The van der Waals surface area contributed by atoms with Crippen LogP contribution in [0.3, 0.4) is 0 Å². The number of hydrogen-bond acceptors (Lipinski definition) is 4. The molecule has 148 valence electrons. The number of ketones is 1. The van der Waals surface area contributed by atoms with Crippen LogP contribution in [0.4, 0.5) is 0 Å². The number of hydrogen-bond donors (Lipinski definition) is 0. The Morgan fingerprint density at radius 3 is 2.48 bits per heavy atom. The normalized spacial score (nSPS) is 21.2. The molecule has 2 atom stereocenters. The van der Waals surface area contributed by atoms with Crippen molar-refractivity contribution in [3.63, 3.8) is 0 Å². The first-order chi connectivity index (χ1) is 14.0. The summed E-state index contributed by atoms with van der Waals surface area (Å²) in [6.07, 6.45) is 2.37. The molecule has 0 spiro atoms. The van der Waals surface area contributed by atoms with E-state index in [1.54, 1.807) is 13.0 Å². The summed E-state index contributed by atoms with van der Waals surface area (Å²) in [4.78, 5) is 26.6. The molecule has 3 rings (SSSR count). The van der Waals surface area contributed by atoms with Crippen LogP contribution in [-0.4, -0.2) is 18.4 Å². The molecule has 0 bridgehead atoms. The molecule has 0 saturated carbocycles. The lowest BCUT2D eigenvalue weighted by atomic mass is 9.61. The summed E-state index contributed by atoms with van der Waals surface area (Å²) in [7, 11) is 0. The number of allylic oxidation sites excluding steroid dienone is 2. The largest absolute Gasteiger partial charge is 0.465 e. The molecule has 4 nitrogen and oxygen atoms in total. The molecule has 1 aliphatic carbocycles. The van der Waals surface area contributed by atoms with Gasteiger partial charge in [-0.2, -0.15) is 5.26 Å². The summed E-state index contributed by atoms with van der Waals surface area (Å²) in [5.74, 6) is -1.20. The Morgan fingerprint density at radius 2 is 1.86 bits per heavy atom. The SMILES string of the molecule is CCOC(=O)C1(CCC#N)C(=O)C=C(c2ccccc2)CC1c1ccc(C)cc1. The van der Waals surface area contributed by atoms with Gasteiger partial charge >= 0.3 is 5.97 Å². The molecule has 0 saturated heterocycles. The van der Waals surface area contributed by atoms with Gasteiger partial charge < -0.3 is 4.74 Å². The minimum atomic E-state index is -1.38. The summed E-state index contributed by atoms with van der Waals surface area (Å²) in [6, 6.07) is 19.8. The van der Waals surface area contributed by atoms with Gasteiger partial charge in [0, 0.05) is 12.3 Å². The molecule has 0 heterocycles. The molecule has 2 unspecified atom stereocenters. The van der Waals surface area contributed by atoms with Crippen LogP contribution in [0, 0.1) is 23.7 Å². The Labute approximate surface area is 171 Å². The molecule has 29 heavy (non-hydrogen) atoms. The zero-order valence-corrected chi connectivity index (χ0v) is 16.9. The molecule has 2 aromatic carbocycles. The molecule has 1 aliphatic rings. The highest BCUT2D eigenvalue weighted by Crippen LogP contribution is 2.50. The first-order valence-corrected chi connectivity index (χ1v) is 9.94. The van der Waals surface area contributed by atoms with E-state index in [1.165, 1.54) is 0 Å². The summed E-state index contributed by atoms with van der Waals surface area (Å²) in [5, 5.41) is 9.20. The van der Waals surface area contributed by atoms with E-state index >= 15 is 0 Å². The highest BCUT2D eigenvalue weighted by Gasteiger charge is 2.54. The fourth-order valence-electron chi connectivity index (χ4n) is 4.12. The first kappa shape index (κ1) is 20.5. The summed E-state index contributed by atoms with van der Waals surface area (Å²) in [6.45, 7) is 3.92.